The van der Waals surface area contributed by atoms with Gasteiger partial charge in [-0.1, -0.05) is 36.4 Å². The van der Waals surface area contributed by atoms with E-state index in [1.807, 2.05) is 60.7 Å². The molecule has 0 radical (unpaired) electrons. The fourth-order valence-corrected chi connectivity index (χ4v) is 3.45. The molecule has 0 unspecified atom stereocenters. The highest BCUT2D eigenvalue weighted by molar-refractivity contribution is 5.81. The van der Waals surface area contributed by atoms with Crippen LogP contribution in [0, 0.1) is 11.3 Å². The molecule has 0 fully saturated rings. The van der Waals surface area contributed by atoms with E-state index < -0.39 is 5.56 Å². The first-order chi connectivity index (χ1) is 17.6. The lowest BCUT2D eigenvalue weighted by Crippen LogP contribution is -2.16. The second-order valence-electron chi connectivity index (χ2n) is 7.52. The van der Waals surface area contributed by atoms with E-state index >= 15 is 0 Å². The van der Waals surface area contributed by atoms with Crippen molar-refractivity contribution in [1.29, 1.82) is 5.26 Å². The van der Waals surface area contributed by atoms with Crippen LogP contribution in [0.15, 0.2) is 82.7 Å². The van der Waals surface area contributed by atoms with Crippen LogP contribution in [0.5, 0.6) is 17.2 Å². The zero-order valence-corrected chi connectivity index (χ0v) is 19.7. The van der Waals surface area contributed by atoms with Gasteiger partial charge in [0.15, 0.2) is 0 Å². The van der Waals surface area contributed by atoms with Gasteiger partial charge in [-0.3, -0.25) is 9.78 Å². The van der Waals surface area contributed by atoms with Crippen LogP contribution in [0.4, 0.5) is 5.95 Å². The molecule has 0 saturated carbocycles. The van der Waals surface area contributed by atoms with Gasteiger partial charge in [0.05, 0.1) is 26.1 Å². The molecule has 1 heterocycles. The van der Waals surface area contributed by atoms with Crippen LogP contribution in [-0.2, 0) is 6.61 Å². The zero-order chi connectivity index (χ0) is 25.3. The van der Waals surface area contributed by atoms with Gasteiger partial charge < -0.3 is 14.2 Å². The molecule has 0 spiro atoms. The van der Waals surface area contributed by atoms with E-state index in [9.17, 15) is 10.1 Å². The molecule has 9 heteroatoms. The molecule has 0 aliphatic heterocycles. The van der Waals surface area contributed by atoms with E-state index in [0.717, 1.165) is 11.1 Å². The molecule has 9 nitrogen and oxygen atoms in total. The number of benzene rings is 3. The monoisotopic (exact) mass is 481 g/mol. The summed E-state index contributed by atoms with van der Waals surface area (Å²) in [4.78, 5) is 19.3. The molecular weight excluding hydrogens is 458 g/mol. The smallest absolute Gasteiger partial charge is 0.270 e. The van der Waals surface area contributed by atoms with Crippen molar-refractivity contribution in [3.63, 3.8) is 0 Å². The minimum absolute atomic E-state index is 0.0634. The molecule has 0 atom stereocenters. The summed E-state index contributed by atoms with van der Waals surface area (Å²) in [7, 11) is 3.20. The van der Waals surface area contributed by atoms with Gasteiger partial charge in [0, 0.05) is 17.2 Å². The van der Waals surface area contributed by atoms with Crippen molar-refractivity contribution in [2.75, 3.05) is 19.6 Å². The fraction of sp³-hybridized carbons (Fsp3) is 0.111. The van der Waals surface area contributed by atoms with Gasteiger partial charge in [-0.05, 0) is 35.9 Å². The van der Waals surface area contributed by atoms with Crippen molar-refractivity contribution in [3.05, 3.63) is 99.8 Å². The maximum atomic E-state index is 12.4. The van der Waals surface area contributed by atoms with Crippen molar-refractivity contribution in [3.8, 4) is 34.6 Å². The highest BCUT2D eigenvalue weighted by atomic mass is 16.5. The van der Waals surface area contributed by atoms with Crippen LogP contribution in [0.1, 0.15) is 16.7 Å². The molecule has 3 aromatic carbocycles. The summed E-state index contributed by atoms with van der Waals surface area (Å²) in [5.74, 6) is 2.16. The SMILES string of the molecule is COc1cccc(OCc2cc(C=NNc3nc(-c4ccccc4)c(C#N)c(=O)[nH]3)ccc2OC)c1. The summed E-state index contributed by atoms with van der Waals surface area (Å²) in [5, 5.41) is 13.6. The van der Waals surface area contributed by atoms with Gasteiger partial charge in [-0.15, -0.1) is 0 Å². The molecular formula is C27H23N5O4. The summed E-state index contributed by atoms with van der Waals surface area (Å²) in [6.45, 7) is 0.274. The average Bonchev–Trinajstić information content (AvgIpc) is 2.92. The third-order valence-corrected chi connectivity index (χ3v) is 5.20. The number of methoxy groups -OCH3 is 2. The van der Waals surface area contributed by atoms with Gasteiger partial charge >= 0.3 is 0 Å². The number of nitrogens with zero attached hydrogens (tertiary/aromatic N) is 3. The van der Waals surface area contributed by atoms with Gasteiger partial charge in [-0.25, -0.2) is 10.4 Å². The number of ether oxygens (including phenoxy) is 3. The Labute approximate surface area is 207 Å². The lowest BCUT2D eigenvalue weighted by atomic mass is 10.1. The molecule has 36 heavy (non-hydrogen) atoms. The quantitative estimate of drug-likeness (QED) is 0.269. The van der Waals surface area contributed by atoms with E-state index in [4.69, 9.17) is 14.2 Å². The number of nitrogens with one attached hydrogen (secondary N) is 2. The predicted molar refractivity (Wildman–Crippen MR) is 137 cm³/mol. The van der Waals surface area contributed by atoms with Gasteiger partial charge in [0.2, 0.25) is 5.95 Å². The molecule has 0 saturated heterocycles. The van der Waals surface area contributed by atoms with Crippen molar-refractivity contribution in [2.24, 2.45) is 5.10 Å². The topological polar surface area (TPSA) is 122 Å². The number of anilines is 1. The lowest BCUT2D eigenvalue weighted by Gasteiger charge is -2.12. The fourth-order valence-electron chi connectivity index (χ4n) is 3.45. The number of hydrogen-bond donors (Lipinski definition) is 2. The average molecular weight is 482 g/mol. The summed E-state index contributed by atoms with van der Waals surface area (Å²) in [6.07, 6.45) is 1.58. The largest absolute Gasteiger partial charge is 0.497 e. The van der Waals surface area contributed by atoms with Crippen LogP contribution >= 0.6 is 0 Å². The molecule has 0 bridgehead atoms. The summed E-state index contributed by atoms with van der Waals surface area (Å²) >= 11 is 0. The molecule has 0 aliphatic carbocycles. The Bertz CT molecular complexity index is 1480. The first-order valence-corrected chi connectivity index (χ1v) is 10.9. The normalized spacial score (nSPS) is 10.6. The number of aromatic amines is 1. The van der Waals surface area contributed by atoms with Crippen LogP contribution in [0.2, 0.25) is 0 Å². The zero-order valence-electron chi connectivity index (χ0n) is 19.7. The molecule has 0 aliphatic rings. The molecule has 2 N–H and O–H groups in total. The standard InChI is InChI=1S/C27H23N5O4/c1-34-21-9-6-10-22(14-21)36-17-20-13-18(11-12-24(20)35-2)16-29-32-27-30-25(19-7-4-3-5-8-19)23(15-28)26(33)31-27/h3-14,16H,17H2,1-2H3,(H2,30,31,32,33). The van der Waals surface area contributed by atoms with Crippen molar-refractivity contribution < 1.29 is 14.2 Å². The second kappa shape index (κ2) is 11.4. The summed E-state index contributed by atoms with van der Waals surface area (Å²) < 4.78 is 16.6. The highest BCUT2D eigenvalue weighted by Crippen LogP contribution is 2.24. The maximum absolute atomic E-state index is 12.4. The number of H-pyrrole nitrogens is 1. The third kappa shape index (κ3) is 5.69. The molecule has 4 aromatic rings. The van der Waals surface area contributed by atoms with Crippen LogP contribution in [0.25, 0.3) is 11.3 Å². The Morgan fingerprint density at radius 1 is 1.03 bits per heavy atom. The van der Waals surface area contributed by atoms with Gasteiger partial charge in [-0.2, -0.15) is 10.4 Å². The number of nitriles is 1. The van der Waals surface area contributed by atoms with Gasteiger partial charge in [0.1, 0.15) is 35.5 Å². The third-order valence-electron chi connectivity index (χ3n) is 5.20. The summed E-state index contributed by atoms with van der Waals surface area (Å²) in [6, 6.07) is 23.8. The molecule has 4 rings (SSSR count). The van der Waals surface area contributed by atoms with Crippen LogP contribution in [-0.4, -0.2) is 30.4 Å². The number of hydrazone groups is 1. The number of aromatic nitrogens is 2. The molecule has 0 amide bonds. The Kier molecular flexibility index (Phi) is 7.58. The second-order valence-corrected chi connectivity index (χ2v) is 7.52. The minimum Gasteiger partial charge on any atom is -0.497 e. The van der Waals surface area contributed by atoms with E-state index in [1.165, 1.54) is 0 Å². The van der Waals surface area contributed by atoms with Gasteiger partial charge in [0.25, 0.3) is 5.56 Å². The number of rotatable bonds is 9. The van der Waals surface area contributed by atoms with E-state index in [0.29, 0.717) is 22.8 Å². The van der Waals surface area contributed by atoms with Crippen molar-refractivity contribution >= 4 is 12.2 Å². The minimum atomic E-state index is -0.550. The molecule has 180 valence electrons. The molecule has 1 aromatic heterocycles. The van der Waals surface area contributed by atoms with Crippen molar-refractivity contribution in [1.82, 2.24) is 9.97 Å². The van der Waals surface area contributed by atoms with Crippen LogP contribution in [0.3, 0.4) is 0 Å². The Morgan fingerprint density at radius 2 is 1.83 bits per heavy atom. The highest BCUT2D eigenvalue weighted by Gasteiger charge is 2.13. The Balaban J connectivity index is 1.51. The Hall–Kier alpha value is -5.10. The lowest BCUT2D eigenvalue weighted by molar-refractivity contribution is 0.294. The summed E-state index contributed by atoms with van der Waals surface area (Å²) in [5.41, 5.74) is 4.64. The van der Waals surface area contributed by atoms with Crippen LogP contribution < -0.4 is 25.2 Å². The first kappa shape index (κ1) is 24.0. The van der Waals surface area contributed by atoms with E-state index in [2.05, 4.69) is 20.5 Å². The van der Waals surface area contributed by atoms with E-state index in [-0.39, 0.29) is 23.8 Å². The predicted octanol–water partition coefficient (Wildman–Crippen LogP) is 4.35. The number of hydrogen-bond acceptors (Lipinski definition) is 8. The maximum Gasteiger partial charge on any atom is 0.270 e. The first-order valence-electron chi connectivity index (χ1n) is 10.9. The van der Waals surface area contributed by atoms with E-state index in [1.54, 1.807) is 38.6 Å². The Morgan fingerprint density at radius 3 is 2.58 bits per heavy atom. The van der Waals surface area contributed by atoms with Crippen molar-refractivity contribution in [2.45, 2.75) is 6.61 Å².